The van der Waals surface area contributed by atoms with Gasteiger partial charge in [-0.3, -0.25) is 14.5 Å². The van der Waals surface area contributed by atoms with Crippen molar-refractivity contribution in [1.82, 2.24) is 14.8 Å². The summed E-state index contributed by atoms with van der Waals surface area (Å²) in [6, 6.07) is 26.0. The van der Waals surface area contributed by atoms with E-state index in [1.807, 2.05) is 17.9 Å². The van der Waals surface area contributed by atoms with E-state index in [-0.39, 0.29) is 11.8 Å². The van der Waals surface area contributed by atoms with E-state index in [9.17, 15) is 9.59 Å². The minimum absolute atomic E-state index is 0.0232. The van der Waals surface area contributed by atoms with E-state index in [4.69, 9.17) is 16.3 Å². The zero-order valence-electron chi connectivity index (χ0n) is 21.6. The number of carbonyl (C=O) groups is 2. The lowest BCUT2D eigenvalue weighted by molar-refractivity contribution is 0.0628. The molecule has 2 heterocycles. The number of nitrogens with zero attached hydrogens (tertiary/aromatic N) is 3. The van der Waals surface area contributed by atoms with E-state index in [2.05, 4.69) is 39.5 Å². The Morgan fingerprint density at radius 3 is 2.28 bits per heavy atom. The average molecular weight is 541 g/mol. The number of aromatic nitrogens is 1. The number of hydrogen-bond acceptors (Lipinski definition) is 5. The van der Waals surface area contributed by atoms with Gasteiger partial charge in [-0.15, -0.1) is 0 Å². The van der Waals surface area contributed by atoms with Gasteiger partial charge in [0, 0.05) is 54.9 Å². The third-order valence-corrected chi connectivity index (χ3v) is 7.07. The molecule has 1 N–H and O–H groups in total. The Labute approximate surface area is 233 Å². The van der Waals surface area contributed by atoms with Gasteiger partial charge in [-0.2, -0.15) is 0 Å². The first-order valence-corrected chi connectivity index (χ1v) is 13.2. The van der Waals surface area contributed by atoms with E-state index in [0.717, 1.165) is 25.2 Å². The maximum absolute atomic E-state index is 13.0. The fraction of sp³-hybridized carbons (Fsp3) is 0.194. The van der Waals surface area contributed by atoms with Crippen molar-refractivity contribution in [1.29, 1.82) is 0 Å². The Bertz CT molecular complexity index is 1440. The van der Waals surface area contributed by atoms with Crippen molar-refractivity contribution in [2.75, 3.05) is 31.5 Å². The number of amides is 2. The monoisotopic (exact) mass is 540 g/mol. The molecule has 0 radical (unpaired) electrons. The number of aryl methyl sites for hydroxylation is 1. The number of benzene rings is 3. The van der Waals surface area contributed by atoms with Crippen LogP contribution in [-0.2, 0) is 6.54 Å². The van der Waals surface area contributed by atoms with Crippen LogP contribution in [0.3, 0.4) is 0 Å². The van der Waals surface area contributed by atoms with Crippen molar-refractivity contribution in [2.45, 2.75) is 13.5 Å². The number of halogens is 1. The molecule has 0 unspecified atom stereocenters. The maximum Gasteiger partial charge on any atom is 0.255 e. The summed E-state index contributed by atoms with van der Waals surface area (Å²) in [4.78, 5) is 34.1. The molecule has 4 aromatic rings. The highest BCUT2D eigenvalue weighted by Crippen LogP contribution is 2.23. The van der Waals surface area contributed by atoms with E-state index in [0.29, 0.717) is 46.6 Å². The van der Waals surface area contributed by atoms with Crippen LogP contribution in [0.2, 0.25) is 5.02 Å². The van der Waals surface area contributed by atoms with Gasteiger partial charge in [0.15, 0.2) is 0 Å². The highest BCUT2D eigenvalue weighted by Gasteiger charge is 2.22. The fourth-order valence-electron chi connectivity index (χ4n) is 4.42. The van der Waals surface area contributed by atoms with Crippen LogP contribution in [0.4, 0.5) is 5.69 Å². The standard InChI is InChI=1S/C31H29ClN4O3/c1-22-19-25(9-13-28(22)32)30(37)34-26-10-14-29(33-20-26)39-27-11-7-24(8-12-27)31(38)36-17-15-35(16-18-36)21-23-5-3-2-4-6-23/h2-14,19-20H,15-18,21H2,1H3,(H,34,37). The van der Waals surface area contributed by atoms with E-state index in [1.165, 1.54) is 11.8 Å². The SMILES string of the molecule is Cc1cc(C(=O)Nc2ccc(Oc3ccc(C(=O)N4CCN(Cc5ccccc5)CC4)cc3)nc2)ccc1Cl. The van der Waals surface area contributed by atoms with Crippen LogP contribution in [0.1, 0.15) is 31.8 Å². The quantitative estimate of drug-likeness (QED) is 0.309. The third-order valence-electron chi connectivity index (χ3n) is 6.65. The number of pyridine rings is 1. The largest absolute Gasteiger partial charge is 0.439 e. The number of carbonyl (C=O) groups excluding carboxylic acids is 2. The van der Waals surface area contributed by atoms with Crippen LogP contribution in [0.15, 0.2) is 91.1 Å². The molecule has 0 spiro atoms. The summed E-state index contributed by atoms with van der Waals surface area (Å²) in [5.74, 6) is 0.724. The lowest BCUT2D eigenvalue weighted by Gasteiger charge is -2.34. The number of anilines is 1. The van der Waals surface area contributed by atoms with Crippen molar-refractivity contribution in [3.05, 3.63) is 118 Å². The molecule has 8 heteroatoms. The van der Waals surface area contributed by atoms with Gasteiger partial charge in [0.2, 0.25) is 5.88 Å². The Morgan fingerprint density at radius 1 is 0.897 bits per heavy atom. The number of rotatable bonds is 7. The summed E-state index contributed by atoms with van der Waals surface area (Å²) >= 11 is 6.04. The van der Waals surface area contributed by atoms with Gasteiger partial charge < -0.3 is 15.0 Å². The van der Waals surface area contributed by atoms with E-state index in [1.54, 1.807) is 54.6 Å². The summed E-state index contributed by atoms with van der Waals surface area (Å²) in [6.45, 7) is 5.86. The molecule has 2 amide bonds. The molecule has 1 aliphatic heterocycles. The predicted octanol–water partition coefficient (Wildman–Crippen LogP) is 6.05. The number of nitrogens with one attached hydrogen (secondary N) is 1. The molecule has 3 aromatic carbocycles. The Morgan fingerprint density at radius 2 is 1.62 bits per heavy atom. The highest BCUT2D eigenvalue weighted by atomic mass is 35.5. The van der Waals surface area contributed by atoms with Gasteiger partial charge in [-0.05, 0) is 66.6 Å². The Kier molecular flexibility index (Phi) is 8.20. The van der Waals surface area contributed by atoms with Crippen molar-refractivity contribution in [3.8, 4) is 11.6 Å². The highest BCUT2D eigenvalue weighted by molar-refractivity contribution is 6.31. The van der Waals surface area contributed by atoms with E-state index >= 15 is 0 Å². The number of ether oxygens (including phenoxy) is 1. The van der Waals surface area contributed by atoms with Crippen LogP contribution in [0, 0.1) is 6.92 Å². The first-order chi connectivity index (χ1) is 18.9. The molecule has 7 nitrogen and oxygen atoms in total. The summed E-state index contributed by atoms with van der Waals surface area (Å²) in [7, 11) is 0. The summed E-state index contributed by atoms with van der Waals surface area (Å²) in [5.41, 5.74) is 3.81. The molecule has 0 saturated carbocycles. The molecule has 198 valence electrons. The van der Waals surface area contributed by atoms with Gasteiger partial charge >= 0.3 is 0 Å². The van der Waals surface area contributed by atoms with Gasteiger partial charge in [0.1, 0.15) is 5.75 Å². The summed E-state index contributed by atoms with van der Waals surface area (Å²) < 4.78 is 5.83. The molecular weight excluding hydrogens is 512 g/mol. The minimum Gasteiger partial charge on any atom is -0.439 e. The zero-order chi connectivity index (χ0) is 27.2. The van der Waals surface area contributed by atoms with Gasteiger partial charge in [0.25, 0.3) is 11.8 Å². The molecule has 0 bridgehead atoms. The molecule has 0 atom stereocenters. The maximum atomic E-state index is 13.0. The lowest BCUT2D eigenvalue weighted by Crippen LogP contribution is -2.48. The summed E-state index contributed by atoms with van der Waals surface area (Å²) in [5, 5.41) is 3.43. The van der Waals surface area contributed by atoms with Crippen molar-refractivity contribution >= 4 is 29.1 Å². The van der Waals surface area contributed by atoms with E-state index < -0.39 is 0 Å². The molecular formula is C31H29ClN4O3. The second-order valence-corrected chi connectivity index (χ2v) is 9.89. The van der Waals surface area contributed by atoms with Crippen LogP contribution in [0.25, 0.3) is 0 Å². The lowest BCUT2D eigenvalue weighted by atomic mass is 10.1. The van der Waals surface area contributed by atoms with Crippen molar-refractivity contribution < 1.29 is 14.3 Å². The number of hydrogen-bond donors (Lipinski definition) is 1. The molecule has 1 aromatic heterocycles. The first-order valence-electron chi connectivity index (χ1n) is 12.8. The molecule has 1 fully saturated rings. The molecule has 1 saturated heterocycles. The minimum atomic E-state index is -0.247. The number of piperazine rings is 1. The summed E-state index contributed by atoms with van der Waals surface area (Å²) in [6.07, 6.45) is 1.53. The van der Waals surface area contributed by atoms with Crippen molar-refractivity contribution in [3.63, 3.8) is 0 Å². The smallest absolute Gasteiger partial charge is 0.255 e. The fourth-order valence-corrected chi connectivity index (χ4v) is 4.54. The second-order valence-electron chi connectivity index (χ2n) is 9.48. The Hall–Kier alpha value is -4.20. The molecule has 0 aliphatic carbocycles. The van der Waals surface area contributed by atoms with Crippen LogP contribution >= 0.6 is 11.6 Å². The van der Waals surface area contributed by atoms with Crippen molar-refractivity contribution in [2.24, 2.45) is 0 Å². The van der Waals surface area contributed by atoms with Crippen LogP contribution < -0.4 is 10.1 Å². The molecule has 5 rings (SSSR count). The second kappa shape index (κ2) is 12.1. The van der Waals surface area contributed by atoms with Gasteiger partial charge in [0.05, 0.1) is 11.9 Å². The van der Waals surface area contributed by atoms with Gasteiger partial charge in [-0.1, -0.05) is 41.9 Å². The molecule has 39 heavy (non-hydrogen) atoms. The topological polar surface area (TPSA) is 74.8 Å². The van der Waals surface area contributed by atoms with Gasteiger partial charge in [-0.25, -0.2) is 4.98 Å². The van der Waals surface area contributed by atoms with Crippen LogP contribution in [-0.4, -0.2) is 52.8 Å². The third kappa shape index (κ3) is 6.82. The zero-order valence-corrected chi connectivity index (χ0v) is 22.4. The van der Waals surface area contributed by atoms with Crippen LogP contribution in [0.5, 0.6) is 11.6 Å². The normalized spacial score (nSPS) is 13.6. The predicted molar refractivity (Wildman–Crippen MR) is 153 cm³/mol. The average Bonchev–Trinajstić information content (AvgIpc) is 2.96. The Balaban J connectivity index is 1.12. The first kappa shape index (κ1) is 26.4. The molecule has 1 aliphatic rings.